The second-order valence-corrected chi connectivity index (χ2v) is 19.6. The van der Waals surface area contributed by atoms with Crippen LogP contribution >= 0.6 is 22.9 Å². The minimum Gasteiger partial charge on any atom is -0.491 e. The molecule has 5 aliphatic heterocycles. The molecule has 57 heavy (non-hydrogen) atoms. The number of carbonyl (C=O) groups is 1. The first kappa shape index (κ1) is 37.1. The SMILES string of the molecule is CS(=O)(=O)N1C(C2CC2)[C@@H]1C(=O)NC1CC2CCOc3c(Cl)c(-c4ccc(F)c5sc(N)c(C#N)c45)c(F)c4nc(OC[C@@]56CCCN5C[C@H](F)C6)nc(c34)N2C1. The van der Waals surface area contributed by atoms with Gasteiger partial charge in [-0.2, -0.15) is 19.5 Å². The molecular formula is C38H38ClF3N8O5S2. The average Bonchev–Trinajstić information content (AvgIpc) is 3.99. The first-order valence-electron chi connectivity index (χ1n) is 19.1. The summed E-state index contributed by atoms with van der Waals surface area (Å²) in [6, 6.07) is 2.63. The van der Waals surface area contributed by atoms with Gasteiger partial charge in [-0.25, -0.2) is 21.6 Å². The van der Waals surface area contributed by atoms with E-state index in [2.05, 4.69) is 15.2 Å². The summed E-state index contributed by atoms with van der Waals surface area (Å²) in [5.74, 6) is -1.35. The largest absolute Gasteiger partial charge is 0.491 e. The van der Waals surface area contributed by atoms with Gasteiger partial charge in [-0.1, -0.05) is 17.7 Å². The second kappa shape index (κ2) is 13.2. The molecule has 10 rings (SSSR count). The van der Waals surface area contributed by atoms with Crippen LogP contribution in [0.1, 0.15) is 50.5 Å². The number of alkyl halides is 1. The fourth-order valence-corrected chi connectivity index (χ4v) is 12.6. The van der Waals surface area contributed by atoms with Gasteiger partial charge in [-0.15, -0.1) is 11.3 Å². The molecule has 1 aliphatic carbocycles. The molecule has 5 fully saturated rings. The zero-order valence-electron chi connectivity index (χ0n) is 30.7. The summed E-state index contributed by atoms with van der Waals surface area (Å²) in [6.45, 7) is 1.51. The van der Waals surface area contributed by atoms with E-state index in [4.69, 9.17) is 31.8 Å². The van der Waals surface area contributed by atoms with E-state index in [0.29, 0.717) is 25.8 Å². The third-order valence-corrected chi connectivity index (χ3v) is 15.3. The maximum atomic E-state index is 17.5. The zero-order chi connectivity index (χ0) is 39.7. The standard InChI is InChI=1S/C38H38ClF3N8O5S2/c1-57(52,53)50-30(17-3-4-17)31(50)36(51)45-19-11-20-7-10-54-32-26-29(28(42)25(27(32)39)21-5-6-23(41)33-24(21)22(13-43)34(44)56-33)46-37(47-35(26)49(20)15-19)55-16-38-8-2-9-48(38)14-18(40)12-38/h5-6,17-20,30-31H,2-4,7-12,14-16,44H2,1H3,(H,45,51)/t18-,19?,20?,30?,31-,38+,50?/m1/s1. The van der Waals surface area contributed by atoms with E-state index in [1.165, 1.54) is 10.4 Å². The van der Waals surface area contributed by atoms with E-state index in [1.807, 2.05) is 11.0 Å². The van der Waals surface area contributed by atoms with Crippen LogP contribution < -0.4 is 25.4 Å². The summed E-state index contributed by atoms with van der Waals surface area (Å²) in [7, 11) is -3.57. The van der Waals surface area contributed by atoms with Crippen molar-refractivity contribution in [2.45, 2.75) is 80.8 Å². The maximum Gasteiger partial charge on any atom is 0.319 e. The number of thiophene rings is 1. The van der Waals surface area contributed by atoms with Crippen LogP contribution in [-0.4, -0.2) is 108 Å². The lowest BCUT2D eigenvalue weighted by molar-refractivity contribution is -0.121. The zero-order valence-corrected chi connectivity index (χ0v) is 33.1. The maximum absolute atomic E-state index is 17.5. The van der Waals surface area contributed by atoms with Crippen LogP contribution in [0.25, 0.3) is 32.1 Å². The molecular weight excluding hydrogens is 805 g/mol. The number of nitrogens with zero attached hydrogens (tertiary/aromatic N) is 6. The minimum absolute atomic E-state index is 0.0125. The molecule has 13 nitrogen and oxygen atoms in total. The highest BCUT2D eigenvalue weighted by Gasteiger charge is 2.63. The number of anilines is 2. The molecule has 0 radical (unpaired) electrons. The topological polar surface area (TPSA) is 167 Å². The number of fused-ring (bicyclic) bond motifs is 4. The third kappa shape index (κ3) is 5.89. The van der Waals surface area contributed by atoms with Gasteiger partial charge in [0.2, 0.25) is 15.9 Å². The average molecular weight is 843 g/mol. The quantitative estimate of drug-likeness (QED) is 0.226. The molecule has 3 N–H and O–H groups in total. The first-order chi connectivity index (χ1) is 27.3. The molecule has 7 heterocycles. The van der Waals surface area contributed by atoms with Gasteiger partial charge in [0.05, 0.1) is 45.1 Å². The number of hydrogen-bond donors (Lipinski definition) is 2. The molecule has 7 atom stereocenters. The van der Waals surface area contributed by atoms with Crippen molar-refractivity contribution in [1.29, 1.82) is 5.26 Å². The summed E-state index contributed by atoms with van der Waals surface area (Å²) < 4.78 is 86.4. The number of carbonyl (C=O) groups excluding carboxylic acids is 1. The number of nitrogens with two attached hydrogens (primary N) is 1. The third-order valence-electron chi connectivity index (χ3n) is 12.7. The number of halogens is 4. The lowest BCUT2D eigenvalue weighted by Crippen LogP contribution is -2.43. The van der Waals surface area contributed by atoms with Crippen molar-refractivity contribution in [3.05, 3.63) is 34.4 Å². The Bertz CT molecular complexity index is 2550. The molecule has 4 saturated heterocycles. The van der Waals surface area contributed by atoms with Crippen LogP contribution in [0.2, 0.25) is 5.02 Å². The van der Waals surface area contributed by atoms with E-state index >= 15 is 8.78 Å². The molecule has 6 aliphatic rings. The molecule has 1 amide bonds. The molecule has 19 heteroatoms. The monoisotopic (exact) mass is 842 g/mol. The number of nitrogens with one attached hydrogen (secondary N) is 1. The summed E-state index contributed by atoms with van der Waals surface area (Å²) >= 11 is 7.99. The van der Waals surface area contributed by atoms with Crippen LogP contribution in [0.15, 0.2) is 12.1 Å². The van der Waals surface area contributed by atoms with Gasteiger partial charge < -0.3 is 25.4 Å². The number of nitriles is 1. The van der Waals surface area contributed by atoms with Crippen LogP contribution in [0.4, 0.5) is 24.0 Å². The van der Waals surface area contributed by atoms with E-state index in [0.717, 1.165) is 55.9 Å². The molecule has 2 aromatic heterocycles. The van der Waals surface area contributed by atoms with Crippen molar-refractivity contribution in [3.8, 4) is 29.0 Å². The van der Waals surface area contributed by atoms with Crippen LogP contribution in [0.5, 0.6) is 11.8 Å². The van der Waals surface area contributed by atoms with Gasteiger partial charge in [0, 0.05) is 49.0 Å². The number of ether oxygens (including phenoxy) is 2. The highest BCUT2D eigenvalue weighted by atomic mass is 35.5. The van der Waals surface area contributed by atoms with Gasteiger partial charge in [-0.3, -0.25) is 9.69 Å². The van der Waals surface area contributed by atoms with E-state index in [9.17, 15) is 22.9 Å². The Hall–Kier alpha value is -4.15. The summed E-state index contributed by atoms with van der Waals surface area (Å²) in [6.07, 6.45) is 4.71. The van der Waals surface area contributed by atoms with Gasteiger partial charge in [0.1, 0.15) is 47.0 Å². The van der Waals surface area contributed by atoms with Gasteiger partial charge in [0.15, 0.2) is 11.6 Å². The fourth-order valence-electron chi connectivity index (χ4n) is 10.0. The molecule has 0 bridgehead atoms. The van der Waals surface area contributed by atoms with Crippen LogP contribution in [-0.2, 0) is 14.8 Å². The first-order valence-corrected chi connectivity index (χ1v) is 22.2. The molecule has 1 saturated carbocycles. The van der Waals surface area contributed by atoms with E-state index in [1.54, 1.807) is 0 Å². The Morgan fingerprint density at radius 2 is 2.04 bits per heavy atom. The summed E-state index contributed by atoms with van der Waals surface area (Å²) in [5, 5.41) is 13.3. The smallest absolute Gasteiger partial charge is 0.319 e. The summed E-state index contributed by atoms with van der Waals surface area (Å²) in [5.41, 5.74) is 5.33. The number of aromatic nitrogens is 2. The molecule has 300 valence electrons. The Balaban J connectivity index is 1.08. The van der Waals surface area contributed by atoms with Crippen LogP contribution in [0.3, 0.4) is 0 Å². The lowest BCUT2D eigenvalue weighted by atomic mass is 9.95. The highest BCUT2D eigenvalue weighted by molar-refractivity contribution is 7.88. The normalized spacial score (nSPS) is 29.4. The van der Waals surface area contributed by atoms with Crippen molar-refractivity contribution in [1.82, 2.24) is 24.5 Å². The van der Waals surface area contributed by atoms with Gasteiger partial charge in [0.25, 0.3) is 0 Å². The number of nitrogen functional groups attached to an aromatic ring is 1. The number of hydrogen-bond acceptors (Lipinski definition) is 12. The van der Waals surface area contributed by atoms with E-state index < -0.39 is 45.5 Å². The number of sulfonamides is 1. The van der Waals surface area contributed by atoms with Crippen molar-refractivity contribution < 1.29 is 35.9 Å². The minimum atomic E-state index is -3.57. The second-order valence-electron chi connectivity index (χ2n) is 16.3. The van der Waals surface area contributed by atoms with Crippen molar-refractivity contribution >= 4 is 70.7 Å². The molecule has 4 unspecified atom stereocenters. The number of benzene rings is 2. The molecule has 0 spiro atoms. The van der Waals surface area contributed by atoms with Crippen molar-refractivity contribution in [2.75, 3.05) is 49.7 Å². The molecule has 4 aromatic rings. The van der Waals surface area contributed by atoms with Crippen molar-refractivity contribution in [3.63, 3.8) is 0 Å². The Morgan fingerprint density at radius 1 is 1.23 bits per heavy atom. The fraction of sp³-hybridized carbons (Fsp3) is 0.526. The summed E-state index contributed by atoms with van der Waals surface area (Å²) in [4.78, 5) is 27.2. The lowest BCUT2D eigenvalue weighted by Gasteiger charge is -2.32. The van der Waals surface area contributed by atoms with E-state index in [-0.39, 0.29) is 109 Å². The predicted molar refractivity (Wildman–Crippen MR) is 208 cm³/mol. The van der Waals surface area contributed by atoms with Crippen LogP contribution in [0, 0.1) is 28.9 Å². The number of amides is 1. The number of rotatable bonds is 8. The molecule has 2 aromatic carbocycles. The predicted octanol–water partition coefficient (Wildman–Crippen LogP) is 5.12. The Kier molecular flexibility index (Phi) is 8.59. The Labute approximate surface area is 334 Å². The Morgan fingerprint density at radius 3 is 2.79 bits per heavy atom. The highest BCUT2D eigenvalue weighted by Crippen LogP contribution is 2.52. The van der Waals surface area contributed by atoms with Gasteiger partial charge >= 0.3 is 6.01 Å². The van der Waals surface area contributed by atoms with Crippen molar-refractivity contribution in [2.24, 2.45) is 5.92 Å². The van der Waals surface area contributed by atoms with Gasteiger partial charge in [-0.05, 0) is 56.2 Å².